The number of nitrogens with zero attached hydrogens (tertiary/aromatic N) is 4. The van der Waals surface area contributed by atoms with E-state index >= 15 is 0 Å². The molecule has 2 N–H and O–H groups in total. The van der Waals surface area contributed by atoms with E-state index in [1.807, 2.05) is 0 Å². The Kier molecular flexibility index (Phi) is 3.54. The molecule has 2 aromatic heterocycles. The van der Waals surface area contributed by atoms with Crippen LogP contribution in [-0.4, -0.2) is 44.6 Å². The van der Waals surface area contributed by atoms with Crippen LogP contribution in [0.2, 0.25) is 0 Å². The van der Waals surface area contributed by atoms with Crippen molar-refractivity contribution < 1.29 is 22.8 Å². The van der Waals surface area contributed by atoms with Crippen molar-refractivity contribution in [2.24, 2.45) is 0 Å². The Bertz CT molecular complexity index is 772. The largest absolute Gasteiger partial charge is 0.420 e. The zero-order valence-electron chi connectivity index (χ0n) is 11.6. The van der Waals surface area contributed by atoms with Gasteiger partial charge < -0.3 is 10.6 Å². The van der Waals surface area contributed by atoms with Gasteiger partial charge in [0.25, 0.3) is 0 Å². The fourth-order valence-electron chi connectivity index (χ4n) is 2.22. The van der Waals surface area contributed by atoms with Crippen molar-refractivity contribution in [1.82, 2.24) is 30.1 Å². The maximum atomic E-state index is 12.9. The predicted molar refractivity (Wildman–Crippen MR) is 70.3 cm³/mol. The average Bonchev–Trinajstić information content (AvgIpc) is 3.09. The number of nitrogens with one attached hydrogen (secondary N) is 2. The number of hydrogen-bond donors (Lipinski definition) is 2. The maximum absolute atomic E-state index is 12.9. The van der Waals surface area contributed by atoms with Crippen molar-refractivity contribution in [2.75, 3.05) is 13.1 Å². The zero-order valence-corrected chi connectivity index (χ0v) is 11.6. The van der Waals surface area contributed by atoms with Crippen LogP contribution in [0.1, 0.15) is 11.4 Å². The molecule has 0 saturated carbocycles. The van der Waals surface area contributed by atoms with Gasteiger partial charge in [0.2, 0.25) is 0 Å². The van der Waals surface area contributed by atoms with Crippen molar-refractivity contribution in [1.29, 1.82) is 0 Å². The van der Waals surface area contributed by atoms with Gasteiger partial charge in [-0.15, -0.1) is 10.2 Å². The summed E-state index contributed by atoms with van der Waals surface area (Å²) in [5.74, 6) is 0.124. The van der Waals surface area contributed by atoms with Gasteiger partial charge in [-0.25, -0.2) is 14.5 Å². The lowest BCUT2D eigenvalue weighted by Gasteiger charge is -2.13. The molecule has 0 atom stereocenters. The summed E-state index contributed by atoms with van der Waals surface area (Å²) < 4.78 is 39.8. The smallest absolute Gasteiger partial charge is 0.336 e. The normalized spacial score (nSPS) is 15.1. The molecule has 4 amide bonds. The lowest BCUT2D eigenvalue weighted by atomic mass is 10.2. The van der Waals surface area contributed by atoms with Crippen molar-refractivity contribution in [3.05, 3.63) is 29.7 Å². The van der Waals surface area contributed by atoms with Crippen LogP contribution < -0.4 is 10.6 Å². The molecule has 0 bridgehead atoms. The highest BCUT2D eigenvalue weighted by Gasteiger charge is 2.34. The Morgan fingerprint density at radius 2 is 2.17 bits per heavy atom. The van der Waals surface area contributed by atoms with Gasteiger partial charge in [0.15, 0.2) is 11.5 Å². The summed E-state index contributed by atoms with van der Waals surface area (Å²) in [5, 5.41) is 12.1. The summed E-state index contributed by atoms with van der Waals surface area (Å²) in [4.78, 5) is 24.1. The number of halogens is 3. The lowest BCUT2D eigenvalue weighted by Crippen LogP contribution is -2.41. The topological polar surface area (TPSA) is 91.6 Å². The molecule has 0 aliphatic carbocycles. The third kappa shape index (κ3) is 2.76. The molecule has 1 aliphatic heterocycles. The molecule has 3 heterocycles. The van der Waals surface area contributed by atoms with E-state index in [-0.39, 0.29) is 24.6 Å². The van der Waals surface area contributed by atoms with Crippen molar-refractivity contribution in [3.8, 4) is 0 Å². The second kappa shape index (κ2) is 5.41. The van der Waals surface area contributed by atoms with E-state index in [0.29, 0.717) is 6.54 Å². The number of fused-ring (bicyclic) bond motifs is 1. The quantitative estimate of drug-likeness (QED) is 0.860. The van der Waals surface area contributed by atoms with Crippen LogP contribution in [0.25, 0.3) is 5.65 Å². The van der Waals surface area contributed by atoms with Gasteiger partial charge in [0, 0.05) is 19.3 Å². The third-order valence-electron chi connectivity index (χ3n) is 3.31. The number of hydrogen-bond acceptors (Lipinski definition) is 4. The van der Waals surface area contributed by atoms with Gasteiger partial charge in [0.05, 0.1) is 6.54 Å². The summed E-state index contributed by atoms with van der Waals surface area (Å²) in [6.07, 6.45) is -3.18. The molecule has 0 unspecified atom stereocenters. The zero-order chi connectivity index (χ0) is 16.6. The van der Waals surface area contributed by atoms with Crippen LogP contribution in [-0.2, 0) is 12.7 Å². The Labute approximate surface area is 127 Å². The van der Waals surface area contributed by atoms with Gasteiger partial charge in [0.1, 0.15) is 5.56 Å². The van der Waals surface area contributed by atoms with Crippen LogP contribution in [0.4, 0.5) is 22.8 Å². The van der Waals surface area contributed by atoms with E-state index < -0.39 is 23.8 Å². The number of pyridine rings is 1. The number of carbonyl (C=O) groups excluding carboxylic acids is 2. The summed E-state index contributed by atoms with van der Waals surface area (Å²) in [6, 6.07) is 0.955. The van der Waals surface area contributed by atoms with Crippen molar-refractivity contribution in [3.63, 3.8) is 0 Å². The van der Waals surface area contributed by atoms with Gasteiger partial charge in [-0.05, 0) is 12.1 Å². The minimum atomic E-state index is -4.55. The first-order chi connectivity index (χ1) is 10.9. The van der Waals surface area contributed by atoms with Crippen molar-refractivity contribution >= 4 is 17.7 Å². The third-order valence-corrected chi connectivity index (χ3v) is 3.31. The monoisotopic (exact) mass is 328 g/mol. The first-order valence-electron chi connectivity index (χ1n) is 6.61. The lowest BCUT2D eigenvalue weighted by molar-refractivity contribution is -0.136. The van der Waals surface area contributed by atoms with E-state index in [0.717, 1.165) is 15.4 Å². The Morgan fingerprint density at radius 1 is 1.39 bits per heavy atom. The summed E-state index contributed by atoms with van der Waals surface area (Å²) in [6.45, 7) is 0.420. The first-order valence-corrected chi connectivity index (χ1v) is 6.61. The molecule has 1 fully saturated rings. The highest BCUT2D eigenvalue weighted by Crippen LogP contribution is 2.31. The SMILES string of the molecule is O=C1NCCN1C(=O)NCc1nnc2c(C(F)(F)F)cccn12. The molecule has 0 aromatic carbocycles. The predicted octanol–water partition coefficient (Wildman–Crippen LogP) is 0.983. The molecule has 1 saturated heterocycles. The van der Waals surface area contributed by atoms with Crippen molar-refractivity contribution in [2.45, 2.75) is 12.7 Å². The van der Waals surface area contributed by atoms with Crippen LogP contribution in [0.15, 0.2) is 18.3 Å². The van der Waals surface area contributed by atoms with Crippen LogP contribution in [0.3, 0.4) is 0 Å². The fourth-order valence-corrected chi connectivity index (χ4v) is 2.22. The van der Waals surface area contributed by atoms with Gasteiger partial charge in [-0.2, -0.15) is 13.2 Å². The van der Waals surface area contributed by atoms with Crippen LogP contribution >= 0.6 is 0 Å². The number of urea groups is 2. The van der Waals surface area contributed by atoms with Gasteiger partial charge in [-0.1, -0.05) is 0 Å². The molecule has 23 heavy (non-hydrogen) atoms. The fraction of sp³-hybridized carbons (Fsp3) is 0.333. The molecule has 11 heteroatoms. The van der Waals surface area contributed by atoms with E-state index in [9.17, 15) is 22.8 Å². The number of amides is 4. The summed E-state index contributed by atoms with van der Waals surface area (Å²) in [7, 11) is 0. The number of rotatable bonds is 2. The molecule has 122 valence electrons. The van der Waals surface area contributed by atoms with E-state index in [2.05, 4.69) is 20.8 Å². The second-order valence-electron chi connectivity index (χ2n) is 4.77. The van der Waals surface area contributed by atoms with E-state index in [1.165, 1.54) is 12.3 Å². The molecule has 3 rings (SSSR count). The minimum absolute atomic E-state index is 0.124. The highest BCUT2D eigenvalue weighted by atomic mass is 19.4. The standard InChI is InChI=1S/C12H11F3N6O2/c13-12(14,15)7-2-1-4-20-8(18-19-9(7)20)6-17-11(23)21-5-3-16-10(21)22/h1-2,4H,3,5-6H2,(H,16,22)(H,17,23). The number of aromatic nitrogens is 3. The van der Waals surface area contributed by atoms with Gasteiger partial charge >= 0.3 is 18.2 Å². The minimum Gasteiger partial charge on any atom is -0.336 e. The molecule has 1 aliphatic rings. The summed E-state index contributed by atoms with van der Waals surface area (Å²) in [5.41, 5.74) is -1.26. The molecule has 0 spiro atoms. The second-order valence-corrected chi connectivity index (χ2v) is 4.77. The summed E-state index contributed by atoms with van der Waals surface area (Å²) >= 11 is 0. The van der Waals surface area contributed by atoms with Crippen LogP contribution in [0.5, 0.6) is 0 Å². The van der Waals surface area contributed by atoms with E-state index in [1.54, 1.807) is 0 Å². The number of alkyl halides is 3. The molecule has 0 radical (unpaired) electrons. The Balaban J connectivity index is 1.79. The van der Waals surface area contributed by atoms with E-state index in [4.69, 9.17) is 0 Å². The maximum Gasteiger partial charge on any atom is 0.420 e. The number of carbonyl (C=O) groups is 2. The molecule has 8 nitrogen and oxygen atoms in total. The highest BCUT2D eigenvalue weighted by molar-refractivity contribution is 5.94. The number of imide groups is 1. The molecular weight excluding hydrogens is 317 g/mol. The molecular formula is C12H11F3N6O2. The average molecular weight is 328 g/mol. The van der Waals surface area contributed by atoms with Crippen LogP contribution in [0, 0.1) is 0 Å². The van der Waals surface area contributed by atoms with Gasteiger partial charge in [-0.3, -0.25) is 4.40 Å². The first kappa shape index (κ1) is 15.1. The Morgan fingerprint density at radius 3 is 2.83 bits per heavy atom. The Hall–Kier alpha value is -2.85. The molecule has 2 aromatic rings.